The van der Waals surface area contributed by atoms with Crippen molar-refractivity contribution < 1.29 is 9.59 Å². The van der Waals surface area contributed by atoms with E-state index in [-0.39, 0.29) is 18.2 Å². The zero-order valence-electron chi connectivity index (χ0n) is 8.72. The van der Waals surface area contributed by atoms with Gasteiger partial charge in [0, 0.05) is 24.3 Å². The van der Waals surface area contributed by atoms with Gasteiger partial charge in [0.2, 0.25) is 11.8 Å². The van der Waals surface area contributed by atoms with Crippen molar-refractivity contribution in [3.63, 3.8) is 0 Å². The van der Waals surface area contributed by atoms with Crippen molar-refractivity contribution in [3.8, 4) is 0 Å². The molecule has 1 aromatic rings. The van der Waals surface area contributed by atoms with Crippen LogP contribution in [0.25, 0.3) is 0 Å². The van der Waals surface area contributed by atoms with Crippen LogP contribution in [0.5, 0.6) is 0 Å². The molecule has 1 aliphatic heterocycles. The quantitative estimate of drug-likeness (QED) is 0.691. The first-order valence-electron chi connectivity index (χ1n) is 5.03. The van der Waals surface area contributed by atoms with Gasteiger partial charge in [0.05, 0.1) is 5.92 Å². The third-order valence-electron chi connectivity index (χ3n) is 2.73. The van der Waals surface area contributed by atoms with Crippen LogP contribution in [-0.4, -0.2) is 18.4 Å². The second kappa shape index (κ2) is 3.84. The standard InChI is InChI=1S/C11H13N3O2/c12-8-1-3-9(4-2-8)14-6-7(11(13)16)5-10(14)15/h1-4,7H,5-6,12H2,(H2,13,16). The van der Waals surface area contributed by atoms with E-state index in [1.165, 1.54) is 0 Å². The van der Waals surface area contributed by atoms with Crippen molar-refractivity contribution in [2.75, 3.05) is 17.2 Å². The van der Waals surface area contributed by atoms with Crippen LogP contribution < -0.4 is 16.4 Å². The topological polar surface area (TPSA) is 89.4 Å². The van der Waals surface area contributed by atoms with Crippen LogP contribution in [-0.2, 0) is 9.59 Å². The Morgan fingerprint density at radius 1 is 1.31 bits per heavy atom. The van der Waals surface area contributed by atoms with Gasteiger partial charge in [0.15, 0.2) is 0 Å². The summed E-state index contributed by atoms with van der Waals surface area (Å²) in [5.41, 5.74) is 12.1. The first kappa shape index (κ1) is 10.5. The molecule has 84 valence electrons. The summed E-state index contributed by atoms with van der Waals surface area (Å²) in [5.74, 6) is -0.884. The molecule has 0 aromatic heterocycles. The van der Waals surface area contributed by atoms with Gasteiger partial charge in [0.25, 0.3) is 0 Å². The van der Waals surface area contributed by atoms with Crippen molar-refractivity contribution in [2.24, 2.45) is 11.7 Å². The van der Waals surface area contributed by atoms with E-state index in [9.17, 15) is 9.59 Å². The van der Waals surface area contributed by atoms with Gasteiger partial charge in [-0.3, -0.25) is 9.59 Å². The molecule has 2 amide bonds. The molecule has 5 nitrogen and oxygen atoms in total. The van der Waals surface area contributed by atoms with Crippen molar-refractivity contribution >= 4 is 23.2 Å². The monoisotopic (exact) mass is 219 g/mol. The van der Waals surface area contributed by atoms with E-state index >= 15 is 0 Å². The van der Waals surface area contributed by atoms with E-state index in [1.54, 1.807) is 29.2 Å². The van der Waals surface area contributed by atoms with Crippen LogP contribution in [0.4, 0.5) is 11.4 Å². The molecule has 1 aromatic carbocycles. The Morgan fingerprint density at radius 2 is 1.94 bits per heavy atom. The minimum absolute atomic E-state index is 0.0754. The van der Waals surface area contributed by atoms with Crippen molar-refractivity contribution in [1.29, 1.82) is 0 Å². The summed E-state index contributed by atoms with van der Waals surface area (Å²) >= 11 is 0. The Bertz CT molecular complexity index is 427. The minimum atomic E-state index is -0.425. The number of rotatable bonds is 2. The maximum absolute atomic E-state index is 11.7. The van der Waals surface area contributed by atoms with Gasteiger partial charge in [-0.15, -0.1) is 0 Å². The first-order valence-corrected chi connectivity index (χ1v) is 5.03. The summed E-state index contributed by atoms with van der Waals surface area (Å²) in [6.07, 6.45) is 0.194. The van der Waals surface area contributed by atoms with Crippen LogP contribution in [0.1, 0.15) is 6.42 Å². The number of anilines is 2. The number of nitrogen functional groups attached to an aromatic ring is 1. The Kier molecular flexibility index (Phi) is 2.52. The Labute approximate surface area is 93.0 Å². The number of primary amides is 1. The number of carbonyl (C=O) groups excluding carboxylic acids is 2. The second-order valence-electron chi connectivity index (χ2n) is 3.90. The zero-order valence-corrected chi connectivity index (χ0v) is 8.72. The number of nitrogens with two attached hydrogens (primary N) is 2. The number of amides is 2. The molecule has 16 heavy (non-hydrogen) atoms. The van der Waals surface area contributed by atoms with Crippen LogP contribution in [0.3, 0.4) is 0 Å². The van der Waals surface area contributed by atoms with Crippen LogP contribution in [0.2, 0.25) is 0 Å². The van der Waals surface area contributed by atoms with E-state index in [4.69, 9.17) is 11.5 Å². The van der Waals surface area contributed by atoms with Gasteiger partial charge in [-0.2, -0.15) is 0 Å². The van der Waals surface area contributed by atoms with Crippen molar-refractivity contribution in [2.45, 2.75) is 6.42 Å². The fraction of sp³-hybridized carbons (Fsp3) is 0.273. The summed E-state index contributed by atoms with van der Waals surface area (Å²) in [6.45, 7) is 0.359. The molecule has 0 aliphatic carbocycles. The number of hydrogen-bond acceptors (Lipinski definition) is 3. The smallest absolute Gasteiger partial charge is 0.227 e. The van der Waals surface area contributed by atoms with Crippen molar-refractivity contribution in [1.82, 2.24) is 0 Å². The lowest BCUT2D eigenvalue weighted by atomic mass is 10.1. The predicted octanol–water partition coefficient (Wildman–Crippen LogP) is 0.107. The fourth-order valence-corrected chi connectivity index (χ4v) is 1.80. The second-order valence-corrected chi connectivity index (χ2v) is 3.90. The largest absolute Gasteiger partial charge is 0.399 e. The predicted molar refractivity (Wildman–Crippen MR) is 60.5 cm³/mol. The highest BCUT2D eigenvalue weighted by molar-refractivity contribution is 6.00. The number of nitrogens with zero attached hydrogens (tertiary/aromatic N) is 1. The molecule has 0 bridgehead atoms. The SMILES string of the molecule is NC(=O)C1CC(=O)N(c2ccc(N)cc2)C1. The minimum Gasteiger partial charge on any atom is -0.399 e. The number of hydrogen-bond donors (Lipinski definition) is 2. The molecule has 1 saturated heterocycles. The molecular formula is C11H13N3O2. The summed E-state index contributed by atoms with van der Waals surface area (Å²) in [7, 11) is 0. The molecule has 1 atom stereocenters. The maximum atomic E-state index is 11.7. The highest BCUT2D eigenvalue weighted by Crippen LogP contribution is 2.25. The highest BCUT2D eigenvalue weighted by atomic mass is 16.2. The first-order chi connectivity index (χ1) is 7.58. The summed E-state index contributed by atoms with van der Waals surface area (Å²) in [6, 6.07) is 6.97. The summed E-state index contributed by atoms with van der Waals surface area (Å²) in [5, 5.41) is 0. The summed E-state index contributed by atoms with van der Waals surface area (Å²) in [4.78, 5) is 24.2. The third-order valence-corrected chi connectivity index (χ3v) is 2.73. The third kappa shape index (κ3) is 1.84. The normalized spacial score (nSPS) is 20.1. The van der Waals surface area contributed by atoms with Crippen LogP contribution >= 0.6 is 0 Å². The van der Waals surface area contributed by atoms with Gasteiger partial charge in [-0.05, 0) is 24.3 Å². The lowest BCUT2D eigenvalue weighted by molar-refractivity contribution is -0.123. The molecule has 0 spiro atoms. The van der Waals surface area contributed by atoms with Gasteiger partial charge >= 0.3 is 0 Å². The van der Waals surface area contributed by atoms with E-state index < -0.39 is 5.91 Å². The fourth-order valence-electron chi connectivity index (χ4n) is 1.80. The van der Waals surface area contributed by atoms with Gasteiger partial charge in [-0.1, -0.05) is 0 Å². The molecule has 5 heteroatoms. The molecule has 0 saturated carbocycles. The lowest BCUT2D eigenvalue weighted by Crippen LogP contribution is -2.28. The highest BCUT2D eigenvalue weighted by Gasteiger charge is 2.33. The maximum Gasteiger partial charge on any atom is 0.227 e. The number of carbonyl (C=O) groups is 2. The Hall–Kier alpha value is -2.04. The van der Waals surface area contributed by atoms with E-state index in [1.807, 2.05) is 0 Å². The van der Waals surface area contributed by atoms with E-state index in [0.29, 0.717) is 12.2 Å². The molecule has 2 rings (SSSR count). The molecule has 1 aliphatic rings. The van der Waals surface area contributed by atoms with E-state index in [0.717, 1.165) is 5.69 Å². The van der Waals surface area contributed by atoms with Gasteiger partial charge < -0.3 is 16.4 Å². The van der Waals surface area contributed by atoms with Gasteiger partial charge in [-0.25, -0.2) is 0 Å². The van der Waals surface area contributed by atoms with E-state index in [2.05, 4.69) is 0 Å². The average Bonchev–Trinajstić information content (AvgIpc) is 2.62. The molecule has 1 unspecified atom stereocenters. The van der Waals surface area contributed by atoms with Crippen LogP contribution in [0.15, 0.2) is 24.3 Å². The zero-order chi connectivity index (χ0) is 11.7. The number of benzene rings is 1. The molecule has 0 radical (unpaired) electrons. The Morgan fingerprint density at radius 3 is 2.44 bits per heavy atom. The van der Waals surface area contributed by atoms with Crippen LogP contribution in [0, 0.1) is 5.92 Å². The molecule has 4 N–H and O–H groups in total. The van der Waals surface area contributed by atoms with Crippen molar-refractivity contribution in [3.05, 3.63) is 24.3 Å². The Balaban J connectivity index is 2.20. The molecule has 1 heterocycles. The lowest BCUT2D eigenvalue weighted by Gasteiger charge is -2.16. The molecule has 1 fully saturated rings. The summed E-state index contributed by atoms with van der Waals surface area (Å²) < 4.78 is 0. The molecular weight excluding hydrogens is 206 g/mol. The van der Waals surface area contributed by atoms with Gasteiger partial charge in [0.1, 0.15) is 0 Å². The average molecular weight is 219 g/mol.